The van der Waals surface area contributed by atoms with Gasteiger partial charge in [-0.1, -0.05) is 54.1 Å². The first-order valence-electron chi connectivity index (χ1n) is 9.72. The number of nitrogens with zero attached hydrogens (tertiary/aromatic N) is 1. The van der Waals surface area contributed by atoms with Gasteiger partial charge in [-0.2, -0.15) is 0 Å². The number of phenolic OH excluding ortho intramolecular Hbond substituents is 1. The second kappa shape index (κ2) is 7.99. The van der Waals surface area contributed by atoms with Crippen LogP contribution in [0.25, 0.3) is 5.76 Å². The molecule has 6 nitrogen and oxygen atoms in total. The number of methoxy groups -OCH3 is 1. The topological polar surface area (TPSA) is 87.1 Å². The van der Waals surface area contributed by atoms with Crippen molar-refractivity contribution in [2.24, 2.45) is 0 Å². The van der Waals surface area contributed by atoms with Crippen molar-refractivity contribution < 1.29 is 24.5 Å². The van der Waals surface area contributed by atoms with E-state index in [-0.39, 0.29) is 22.8 Å². The number of benzene rings is 3. The maximum absolute atomic E-state index is 13.1. The Labute approximate surface area is 179 Å². The van der Waals surface area contributed by atoms with Gasteiger partial charge in [0.1, 0.15) is 17.3 Å². The zero-order valence-corrected chi connectivity index (χ0v) is 17.1. The number of amides is 1. The summed E-state index contributed by atoms with van der Waals surface area (Å²) in [6, 6.07) is 19.4. The van der Waals surface area contributed by atoms with Gasteiger partial charge >= 0.3 is 0 Å². The highest BCUT2D eigenvalue weighted by molar-refractivity contribution is 6.51. The zero-order valence-electron chi connectivity index (χ0n) is 17.1. The van der Waals surface area contributed by atoms with Crippen LogP contribution in [0.5, 0.6) is 11.5 Å². The van der Waals surface area contributed by atoms with Crippen molar-refractivity contribution >= 4 is 23.1 Å². The number of anilines is 1. The second-order valence-corrected chi connectivity index (χ2v) is 7.30. The number of ether oxygens (including phenoxy) is 1. The number of phenols is 1. The van der Waals surface area contributed by atoms with E-state index in [2.05, 4.69) is 0 Å². The average molecular weight is 415 g/mol. The summed E-state index contributed by atoms with van der Waals surface area (Å²) < 4.78 is 5.22. The molecule has 0 bridgehead atoms. The Balaban J connectivity index is 1.98. The molecule has 0 saturated carbocycles. The zero-order chi connectivity index (χ0) is 22.1. The van der Waals surface area contributed by atoms with Gasteiger partial charge in [0.05, 0.1) is 24.4 Å². The molecular formula is C25H21NO5. The lowest BCUT2D eigenvalue weighted by Gasteiger charge is -2.26. The van der Waals surface area contributed by atoms with Gasteiger partial charge in [0.25, 0.3) is 11.7 Å². The first-order valence-corrected chi connectivity index (χ1v) is 9.72. The third-order valence-corrected chi connectivity index (χ3v) is 5.29. The van der Waals surface area contributed by atoms with E-state index in [1.165, 1.54) is 18.1 Å². The fourth-order valence-electron chi connectivity index (χ4n) is 3.83. The van der Waals surface area contributed by atoms with Crippen molar-refractivity contribution in [2.75, 3.05) is 12.0 Å². The molecule has 0 spiro atoms. The SMILES string of the molecule is COc1cccc(/C(O)=C2/C(=O)C(=O)N(c3ccccc3O)C2c2cccc(C)c2)c1. The van der Waals surface area contributed by atoms with Crippen molar-refractivity contribution in [3.8, 4) is 11.5 Å². The first-order chi connectivity index (χ1) is 14.9. The number of aliphatic hydroxyl groups excluding tert-OH is 1. The minimum atomic E-state index is -0.903. The number of carbonyl (C=O) groups is 2. The molecule has 1 unspecified atom stereocenters. The Hall–Kier alpha value is -4.06. The number of hydrogen-bond donors (Lipinski definition) is 2. The standard InChI is InChI=1S/C25H21NO5/c1-15-7-5-8-16(13-15)22-21(23(28)17-9-6-10-18(14-17)31-2)24(29)25(30)26(22)19-11-3-4-12-20(19)27/h3-14,22,27-28H,1-2H3/b23-21-. The maximum Gasteiger partial charge on any atom is 0.300 e. The smallest absolute Gasteiger partial charge is 0.300 e. The number of rotatable bonds is 4. The van der Waals surface area contributed by atoms with E-state index in [0.717, 1.165) is 5.56 Å². The maximum atomic E-state index is 13.1. The van der Waals surface area contributed by atoms with E-state index in [1.54, 1.807) is 48.5 Å². The van der Waals surface area contributed by atoms with E-state index < -0.39 is 17.7 Å². The minimum absolute atomic E-state index is 0.0490. The van der Waals surface area contributed by atoms with Crippen LogP contribution >= 0.6 is 0 Å². The molecule has 156 valence electrons. The van der Waals surface area contributed by atoms with Crippen LogP contribution in [-0.2, 0) is 9.59 Å². The van der Waals surface area contributed by atoms with Gasteiger partial charge in [-0.25, -0.2) is 0 Å². The number of aliphatic hydroxyl groups is 1. The summed E-state index contributed by atoms with van der Waals surface area (Å²) in [7, 11) is 1.50. The average Bonchev–Trinajstić information content (AvgIpc) is 3.04. The van der Waals surface area contributed by atoms with Gasteiger partial charge in [0, 0.05) is 5.56 Å². The fourth-order valence-corrected chi connectivity index (χ4v) is 3.83. The lowest BCUT2D eigenvalue weighted by molar-refractivity contribution is -0.132. The molecule has 0 radical (unpaired) electrons. The van der Waals surface area contributed by atoms with Crippen molar-refractivity contribution in [2.45, 2.75) is 13.0 Å². The Morgan fingerprint density at radius 1 is 0.968 bits per heavy atom. The number of carbonyl (C=O) groups excluding carboxylic acids is 2. The van der Waals surface area contributed by atoms with E-state index in [4.69, 9.17) is 4.74 Å². The van der Waals surface area contributed by atoms with Crippen molar-refractivity contribution in [3.05, 3.63) is 95.1 Å². The highest BCUT2D eigenvalue weighted by Crippen LogP contribution is 2.44. The Bertz CT molecular complexity index is 1210. The molecule has 0 aromatic heterocycles. The lowest BCUT2D eigenvalue weighted by atomic mass is 9.94. The molecule has 2 N–H and O–H groups in total. The minimum Gasteiger partial charge on any atom is -0.507 e. The molecule has 3 aromatic carbocycles. The summed E-state index contributed by atoms with van der Waals surface area (Å²) in [5.41, 5.74) is 2.08. The van der Waals surface area contributed by atoms with Gasteiger partial charge in [-0.3, -0.25) is 14.5 Å². The van der Waals surface area contributed by atoms with E-state index in [0.29, 0.717) is 16.9 Å². The summed E-state index contributed by atoms with van der Waals surface area (Å²) in [5, 5.41) is 21.5. The molecule has 1 aliphatic rings. The number of hydrogen-bond acceptors (Lipinski definition) is 5. The number of para-hydroxylation sites is 2. The largest absolute Gasteiger partial charge is 0.507 e. The van der Waals surface area contributed by atoms with Crippen molar-refractivity contribution in [1.82, 2.24) is 0 Å². The van der Waals surface area contributed by atoms with Gasteiger partial charge in [0.15, 0.2) is 0 Å². The number of aromatic hydroxyl groups is 1. The van der Waals surface area contributed by atoms with Crippen molar-refractivity contribution in [1.29, 1.82) is 0 Å². The number of Topliss-reactive ketones (excluding diaryl/α,β-unsaturated/α-hetero) is 1. The normalized spacial score (nSPS) is 17.7. The summed E-state index contributed by atoms with van der Waals surface area (Å²) >= 11 is 0. The third kappa shape index (κ3) is 3.53. The summed E-state index contributed by atoms with van der Waals surface area (Å²) in [5.74, 6) is -1.58. The van der Waals surface area contributed by atoms with Crippen molar-refractivity contribution in [3.63, 3.8) is 0 Å². The van der Waals surface area contributed by atoms with Crippen LogP contribution in [0.15, 0.2) is 78.4 Å². The highest BCUT2D eigenvalue weighted by atomic mass is 16.5. The molecule has 1 fully saturated rings. The van der Waals surface area contributed by atoms with Crippen LogP contribution in [0.2, 0.25) is 0 Å². The third-order valence-electron chi connectivity index (χ3n) is 5.29. The van der Waals surface area contributed by atoms with Crippen LogP contribution < -0.4 is 9.64 Å². The van der Waals surface area contributed by atoms with Crippen LogP contribution in [0, 0.1) is 6.92 Å². The molecule has 3 aromatic rings. The molecule has 1 saturated heterocycles. The fraction of sp³-hybridized carbons (Fsp3) is 0.120. The van der Waals surface area contributed by atoms with Crippen LogP contribution in [0.4, 0.5) is 5.69 Å². The van der Waals surface area contributed by atoms with Crippen LogP contribution in [-0.4, -0.2) is 29.0 Å². The molecule has 4 rings (SSSR count). The highest BCUT2D eigenvalue weighted by Gasteiger charge is 2.47. The Kier molecular flexibility index (Phi) is 5.21. The van der Waals surface area contributed by atoms with Gasteiger partial charge in [-0.15, -0.1) is 0 Å². The second-order valence-electron chi connectivity index (χ2n) is 7.30. The quantitative estimate of drug-likeness (QED) is 0.376. The molecule has 1 aliphatic heterocycles. The van der Waals surface area contributed by atoms with Gasteiger partial charge in [0.2, 0.25) is 0 Å². The number of ketones is 1. The summed E-state index contributed by atoms with van der Waals surface area (Å²) in [6.07, 6.45) is 0. The molecule has 0 aliphatic carbocycles. The predicted molar refractivity (Wildman–Crippen MR) is 117 cm³/mol. The lowest BCUT2D eigenvalue weighted by Crippen LogP contribution is -2.29. The first kappa shape index (κ1) is 20.2. The molecule has 6 heteroatoms. The Morgan fingerprint density at radius 3 is 2.42 bits per heavy atom. The molecule has 1 atom stereocenters. The Morgan fingerprint density at radius 2 is 1.71 bits per heavy atom. The molecule has 1 amide bonds. The van der Waals surface area contributed by atoms with Crippen LogP contribution in [0.3, 0.4) is 0 Å². The van der Waals surface area contributed by atoms with Gasteiger partial charge < -0.3 is 14.9 Å². The van der Waals surface area contributed by atoms with E-state index in [9.17, 15) is 19.8 Å². The molecule has 31 heavy (non-hydrogen) atoms. The van der Waals surface area contributed by atoms with E-state index in [1.807, 2.05) is 25.1 Å². The predicted octanol–water partition coefficient (Wildman–Crippen LogP) is 4.34. The summed E-state index contributed by atoms with van der Waals surface area (Å²) in [4.78, 5) is 27.4. The molecular weight excluding hydrogens is 394 g/mol. The monoisotopic (exact) mass is 415 g/mol. The number of aryl methyl sites for hydroxylation is 1. The van der Waals surface area contributed by atoms with Gasteiger partial charge in [-0.05, 0) is 36.8 Å². The summed E-state index contributed by atoms with van der Waals surface area (Å²) in [6.45, 7) is 1.90. The van der Waals surface area contributed by atoms with Crippen LogP contribution in [0.1, 0.15) is 22.7 Å². The van der Waals surface area contributed by atoms with E-state index >= 15 is 0 Å². The molecule has 1 heterocycles.